The van der Waals surface area contributed by atoms with E-state index < -0.39 is 0 Å². The molecule has 7 heteroatoms. The van der Waals surface area contributed by atoms with Crippen LogP contribution in [0.4, 0.5) is 0 Å². The van der Waals surface area contributed by atoms with Gasteiger partial charge >= 0.3 is 0 Å². The zero-order chi connectivity index (χ0) is 10.7. The van der Waals surface area contributed by atoms with Gasteiger partial charge in [-0.05, 0) is 6.07 Å². The Bertz CT molecular complexity index is 484. The Morgan fingerprint density at radius 3 is 3.07 bits per heavy atom. The fourth-order valence-corrected chi connectivity index (χ4v) is 1.01. The molecule has 2 aromatic rings. The van der Waals surface area contributed by atoms with Gasteiger partial charge in [-0.2, -0.15) is 10.1 Å². The van der Waals surface area contributed by atoms with Gasteiger partial charge in [-0.3, -0.25) is 4.79 Å². The summed E-state index contributed by atoms with van der Waals surface area (Å²) < 4.78 is 9.75. The van der Waals surface area contributed by atoms with Crippen molar-refractivity contribution < 1.29 is 9.26 Å². The Kier molecular flexibility index (Phi) is 2.55. The maximum atomic E-state index is 10.8. The van der Waals surface area contributed by atoms with Crippen molar-refractivity contribution in [1.29, 1.82) is 0 Å². The molecule has 0 aliphatic rings. The van der Waals surface area contributed by atoms with Gasteiger partial charge in [0.15, 0.2) is 5.82 Å². The lowest BCUT2D eigenvalue weighted by Crippen LogP contribution is -2.05. The molecule has 15 heavy (non-hydrogen) atoms. The second-order valence-corrected chi connectivity index (χ2v) is 2.76. The van der Waals surface area contributed by atoms with Crippen molar-refractivity contribution in [3.05, 3.63) is 28.3 Å². The molecule has 2 aromatic heterocycles. The minimum atomic E-state index is -0.282. The fourth-order valence-electron chi connectivity index (χ4n) is 1.01. The minimum Gasteiger partial charge on any atom is -0.377 e. The number of aromatic nitrogens is 4. The van der Waals surface area contributed by atoms with Crippen LogP contribution in [0.25, 0.3) is 11.6 Å². The predicted octanol–water partition coefficient (Wildman–Crippen LogP) is -0.0337. The molecular weight excluding hydrogens is 200 g/mol. The third kappa shape index (κ3) is 2.08. The molecule has 1 N–H and O–H groups in total. The number of aromatic amines is 1. The van der Waals surface area contributed by atoms with E-state index in [9.17, 15) is 4.79 Å². The molecule has 7 nitrogen and oxygen atoms in total. The van der Waals surface area contributed by atoms with Crippen LogP contribution in [0.3, 0.4) is 0 Å². The molecule has 0 radical (unpaired) electrons. The molecule has 0 aliphatic carbocycles. The Balaban J connectivity index is 2.29. The van der Waals surface area contributed by atoms with Gasteiger partial charge in [0.25, 0.3) is 11.4 Å². The van der Waals surface area contributed by atoms with Crippen LogP contribution >= 0.6 is 0 Å². The first kappa shape index (κ1) is 9.53. The largest absolute Gasteiger partial charge is 0.377 e. The summed E-state index contributed by atoms with van der Waals surface area (Å²) in [5, 5.41) is 9.68. The van der Waals surface area contributed by atoms with Crippen LogP contribution in [-0.4, -0.2) is 27.4 Å². The first-order valence-electron chi connectivity index (χ1n) is 4.17. The molecule has 0 unspecified atom stereocenters. The SMILES string of the molecule is COCc1noc(-c2ccc(=O)[nH]n2)n1. The summed E-state index contributed by atoms with van der Waals surface area (Å²) in [5.41, 5.74) is 0.139. The Labute approximate surface area is 84.1 Å². The molecule has 0 bridgehead atoms. The molecule has 0 fully saturated rings. The smallest absolute Gasteiger partial charge is 0.278 e. The number of ether oxygens (including phenoxy) is 1. The number of nitrogens with one attached hydrogen (secondary N) is 1. The third-order valence-corrected chi connectivity index (χ3v) is 1.64. The van der Waals surface area contributed by atoms with E-state index in [-0.39, 0.29) is 18.1 Å². The molecule has 78 valence electrons. The number of rotatable bonds is 3. The summed E-state index contributed by atoms with van der Waals surface area (Å²) in [4.78, 5) is 14.8. The van der Waals surface area contributed by atoms with Gasteiger partial charge in [0, 0.05) is 13.2 Å². The molecule has 2 heterocycles. The highest BCUT2D eigenvalue weighted by molar-refractivity contribution is 5.44. The number of hydrogen-bond donors (Lipinski definition) is 1. The zero-order valence-electron chi connectivity index (χ0n) is 7.93. The Hall–Kier alpha value is -2.02. The van der Waals surface area contributed by atoms with E-state index in [0.717, 1.165) is 0 Å². The molecule has 0 saturated heterocycles. The fraction of sp³-hybridized carbons (Fsp3) is 0.250. The van der Waals surface area contributed by atoms with E-state index in [4.69, 9.17) is 9.26 Å². The number of nitrogens with zero attached hydrogens (tertiary/aromatic N) is 3. The predicted molar refractivity (Wildman–Crippen MR) is 48.9 cm³/mol. The Morgan fingerprint density at radius 2 is 2.40 bits per heavy atom. The lowest BCUT2D eigenvalue weighted by Gasteiger charge is -1.89. The number of hydrogen-bond acceptors (Lipinski definition) is 6. The molecule has 2 rings (SSSR count). The van der Waals surface area contributed by atoms with E-state index in [0.29, 0.717) is 11.5 Å². The van der Waals surface area contributed by atoms with E-state index in [1.807, 2.05) is 0 Å². The Morgan fingerprint density at radius 1 is 1.53 bits per heavy atom. The molecular formula is C8H8N4O3. The van der Waals surface area contributed by atoms with Crippen molar-refractivity contribution in [2.45, 2.75) is 6.61 Å². The summed E-state index contributed by atoms with van der Waals surface area (Å²) in [6, 6.07) is 2.84. The van der Waals surface area contributed by atoms with Crippen molar-refractivity contribution in [3.8, 4) is 11.6 Å². The van der Waals surface area contributed by atoms with Gasteiger partial charge in [0.05, 0.1) is 0 Å². The van der Waals surface area contributed by atoms with Gasteiger partial charge in [0.1, 0.15) is 12.3 Å². The van der Waals surface area contributed by atoms with E-state index in [2.05, 4.69) is 20.3 Å². The summed E-state index contributed by atoms with van der Waals surface area (Å²) >= 11 is 0. The summed E-state index contributed by atoms with van der Waals surface area (Å²) in [7, 11) is 1.54. The van der Waals surface area contributed by atoms with Gasteiger partial charge in [-0.25, -0.2) is 5.10 Å². The van der Waals surface area contributed by atoms with Crippen LogP contribution < -0.4 is 5.56 Å². The van der Waals surface area contributed by atoms with Crippen LogP contribution in [0.5, 0.6) is 0 Å². The van der Waals surface area contributed by atoms with Crippen molar-refractivity contribution >= 4 is 0 Å². The van der Waals surface area contributed by atoms with Crippen LogP contribution in [-0.2, 0) is 11.3 Å². The lowest BCUT2D eigenvalue weighted by molar-refractivity contribution is 0.174. The highest BCUT2D eigenvalue weighted by atomic mass is 16.5. The van der Waals surface area contributed by atoms with Gasteiger partial charge < -0.3 is 9.26 Å². The quantitative estimate of drug-likeness (QED) is 0.760. The zero-order valence-corrected chi connectivity index (χ0v) is 7.93. The first-order chi connectivity index (χ1) is 7.29. The van der Waals surface area contributed by atoms with E-state index in [1.165, 1.54) is 19.2 Å². The molecule has 0 aliphatic heterocycles. The summed E-state index contributed by atoms with van der Waals surface area (Å²) in [5.74, 6) is 0.679. The van der Waals surface area contributed by atoms with Crippen molar-refractivity contribution in [3.63, 3.8) is 0 Å². The normalized spacial score (nSPS) is 10.5. The lowest BCUT2D eigenvalue weighted by atomic mass is 10.4. The average molecular weight is 208 g/mol. The van der Waals surface area contributed by atoms with E-state index in [1.54, 1.807) is 0 Å². The first-order valence-corrected chi connectivity index (χ1v) is 4.17. The number of H-pyrrole nitrogens is 1. The second kappa shape index (κ2) is 4.01. The van der Waals surface area contributed by atoms with Crippen LogP contribution in [0.2, 0.25) is 0 Å². The van der Waals surface area contributed by atoms with Gasteiger partial charge in [-0.1, -0.05) is 5.16 Å². The van der Waals surface area contributed by atoms with Crippen LogP contribution in [0.15, 0.2) is 21.5 Å². The summed E-state index contributed by atoms with van der Waals surface area (Å²) in [6.45, 7) is 0.271. The molecule has 0 aromatic carbocycles. The number of methoxy groups -OCH3 is 1. The third-order valence-electron chi connectivity index (χ3n) is 1.64. The standard InChI is InChI=1S/C8H8N4O3/c1-14-4-6-9-8(15-12-6)5-2-3-7(13)11-10-5/h2-3H,4H2,1H3,(H,11,13). The van der Waals surface area contributed by atoms with Crippen molar-refractivity contribution in [2.75, 3.05) is 7.11 Å². The van der Waals surface area contributed by atoms with Crippen molar-refractivity contribution in [1.82, 2.24) is 20.3 Å². The van der Waals surface area contributed by atoms with Crippen LogP contribution in [0, 0.1) is 0 Å². The van der Waals surface area contributed by atoms with Crippen LogP contribution in [0.1, 0.15) is 5.82 Å². The monoisotopic (exact) mass is 208 g/mol. The maximum absolute atomic E-state index is 10.8. The molecule has 0 amide bonds. The topological polar surface area (TPSA) is 93.9 Å². The van der Waals surface area contributed by atoms with Gasteiger partial charge in [-0.15, -0.1) is 0 Å². The highest BCUT2D eigenvalue weighted by Crippen LogP contribution is 2.11. The molecule has 0 saturated carbocycles. The van der Waals surface area contributed by atoms with Crippen molar-refractivity contribution in [2.24, 2.45) is 0 Å². The minimum absolute atomic E-state index is 0.248. The summed E-state index contributed by atoms with van der Waals surface area (Å²) in [6.07, 6.45) is 0. The highest BCUT2D eigenvalue weighted by Gasteiger charge is 2.09. The maximum Gasteiger partial charge on any atom is 0.278 e. The molecule has 0 atom stereocenters. The molecule has 0 spiro atoms. The van der Waals surface area contributed by atoms with Gasteiger partial charge in [0.2, 0.25) is 0 Å². The second-order valence-electron chi connectivity index (χ2n) is 2.76. The van der Waals surface area contributed by atoms with E-state index >= 15 is 0 Å². The average Bonchev–Trinajstić information content (AvgIpc) is 2.68.